The van der Waals surface area contributed by atoms with E-state index in [1.807, 2.05) is 0 Å². The number of aliphatic hydroxyl groups excluding tert-OH is 1. The topological polar surface area (TPSA) is 55.5 Å². The van der Waals surface area contributed by atoms with Gasteiger partial charge in [-0.2, -0.15) is 0 Å². The number of benzene rings is 1. The van der Waals surface area contributed by atoms with Gasteiger partial charge in [0, 0.05) is 4.47 Å². The van der Waals surface area contributed by atoms with Gasteiger partial charge in [-0.3, -0.25) is 0 Å². The zero-order valence-corrected chi connectivity index (χ0v) is 9.55. The molecular weight excluding hydrogens is 291 g/mol. The molecule has 0 radical (unpaired) electrons. The van der Waals surface area contributed by atoms with Crippen LogP contribution in [0.2, 0.25) is 0 Å². The van der Waals surface area contributed by atoms with Crippen LogP contribution in [-0.2, 0) is 0 Å². The molecule has 0 bridgehead atoms. The zero-order valence-electron chi connectivity index (χ0n) is 7.96. The Labute approximate surface area is 98.1 Å². The maximum absolute atomic E-state index is 11.9. The highest BCUT2D eigenvalue weighted by Crippen LogP contribution is 2.29. The lowest BCUT2D eigenvalue weighted by Crippen LogP contribution is -2.18. The normalized spacial score (nSPS) is 13.6. The van der Waals surface area contributed by atoms with Crippen molar-refractivity contribution in [1.82, 2.24) is 0 Å². The Hall–Kier alpha value is -0.790. The van der Waals surface area contributed by atoms with E-state index in [2.05, 4.69) is 20.7 Å². The van der Waals surface area contributed by atoms with Crippen LogP contribution in [0.4, 0.5) is 13.2 Å². The van der Waals surface area contributed by atoms with E-state index in [-0.39, 0.29) is 12.4 Å². The lowest BCUT2D eigenvalue weighted by Gasteiger charge is -2.13. The molecule has 1 atom stereocenters. The van der Waals surface area contributed by atoms with Crippen molar-refractivity contribution in [2.75, 3.05) is 6.61 Å². The minimum absolute atomic E-state index is 0.294. The van der Waals surface area contributed by atoms with Crippen LogP contribution in [0.1, 0.15) is 11.6 Å². The molecule has 0 aliphatic heterocycles. The molecule has 7 heteroatoms. The van der Waals surface area contributed by atoms with Crippen molar-refractivity contribution in [3.63, 3.8) is 0 Å². The Morgan fingerprint density at radius 3 is 2.50 bits per heavy atom. The SMILES string of the molecule is N[C@H](CO)c1ccc(OC(F)(F)F)cc1Br. The van der Waals surface area contributed by atoms with Gasteiger partial charge in [-0.25, -0.2) is 0 Å². The molecule has 1 aromatic rings. The second-order valence-electron chi connectivity index (χ2n) is 3.02. The Morgan fingerprint density at radius 2 is 2.06 bits per heavy atom. The van der Waals surface area contributed by atoms with Crippen LogP contribution in [0.3, 0.4) is 0 Å². The van der Waals surface area contributed by atoms with Crippen LogP contribution >= 0.6 is 15.9 Å². The highest BCUT2D eigenvalue weighted by atomic mass is 79.9. The first-order chi connectivity index (χ1) is 7.33. The monoisotopic (exact) mass is 299 g/mol. The predicted molar refractivity (Wildman–Crippen MR) is 54.8 cm³/mol. The number of alkyl halides is 3. The summed E-state index contributed by atoms with van der Waals surface area (Å²) < 4.78 is 39.8. The summed E-state index contributed by atoms with van der Waals surface area (Å²) in [6.45, 7) is -0.294. The predicted octanol–water partition coefficient (Wildman–Crippen LogP) is 2.34. The van der Waals surface area contributed by atoms with Crippen LogP contribution in [0.15, 0.2) is 22.7 Å². The molecule has 0 saturated carbocycles. The van der Waals surface area contributed by atoms with Crippen molar-refractivity contribution in [3.05, 3.63) is 28.2 Å². The average molecular weight is 300 g/mol. The third-order valence-electron chi connectivity index (χ3n) is 1.80. The summed E-state index contributed by atoms with van der Waals surface area (Å²) in [5.41, 5.74) is 6.04. The van der Waals surface area contributed by atoms with E-state index in [0.717, 1.165) is 12.1 Å². The van der Waals surface area contributed by atoms with Gasteiger partial charge in [-0.1, -0.05) is 22.0 Å². The lowest BCUT2D eigenvalue weighted by molar-refractivity contribution is -0.274. The summed E-state index contributed by atoms with van der Waals surface area (Å²) in [6, 6.07) is 3.02. The molecule has 0 unspecified atom stereocenters. The van der Waals surface area contributed by atoms with Crippen molar-refractivity contribution < 1.29 is 23.0 Å². The summed E-state index contributed by atoms with van der Waals surface area (Å²) in [5, 5.41) is 8.81. The Bertz CT molecular complexity index is 370. The fourth-order valence-electron chi connectivity index (χ4n) is 1.10. The maximum Gasteiger partial charge on any atom is 0.573 e. The highest BCUT2D eigenvalue weighted by Gasteiger charge is 2.31. The van der Waals surface area contributed by atoms with Crippen molar-refractivity contribution in [1.29, 1.82) is 0 Å². The van der Waals surface area contributed by atoms with E-state index < -0.39 is 12.4 Å². The fourth-order valence-corrected chi connectivity index (χ4v) is 1.76. The van der Waals surface area contributed by atoms with Gasteiger partial charge in [0.1, 0.15) is 5.75 Å². The second kappa shape index (κ2) is 5.03. The molecule has 0 fully saturated rings. The van der Waals surface area contributed by atoms with Crippen LogP contribution in [0.5, 0.6) is 5.75 Å². The molecule has 0 spiro atoms. The van der Waals surface area contributed by atoms with Crippen molar-refractivity contribution in [2.24, 2.45) is 5.73 Å². The fraction of sp³-hybridized carbons (Fsp3) is 0.333. The first-order valence-electron chi connectivity index (χ1n) is 4.25. The number of halogens is 4. The van der Waals surface area contributed by atoms with Gasteiger partial charge in [0.15, 0.2) is 0 Å². The van der Waals surface area contributed by atoms with E-state index in [1.54, 1.807) is 0 Å². The number of rotatable bonds is 3. The quantitative estimate of drug-likeness (QED) is 0.901. The Kier molecular flexibility index (Phi) is 4.17. The first kappa shape index (κ1) is 13.3. The van der Waals surface area contributed by atoms with Gasteiger partial charge in [-0.15, -0.1) is 13.2 Å². The minimum Gasteiger partial charge on any atom is -0.406 e. The minimum atomic E-state index is -4.72. The van der Waals surface area contributed by atoms with Crippen LogP contribution in [-0.4, -0.2) is 18.1 Å². The van der Waals surface area contributed by atoms with E-state index in [1.165, 1.54) is 6.07 Å². The molecule has 90 valence electrons. The summed E-state index contributed by atoms with van der Waals surface area (Å²) in [4.78, 5) is 0. The Balaban J connectivity index is 2.91. The Morgan fingerprint density at radius 1 is 1.44 bits per heavy atom. The van der Waals surface area contributed by atoms with Crippen molar-refractivity contribution >= 4 is 15.9 Å². The van der Waals surface area contributed by atoms with E-state index in [0.29, 0.717) is 10.0 Å². The molecule has 16 heavy (non-hydrogen) atoms. The summed E-state index contributed by atoms with van der Waals surface area (Å²) in [7, 11) is 0. The molecule has 1 rings (SSSR count). The second-order valence-corrected chi connectivity index (χ2v) is 3.87. The molecule has 0 amide bonds. The van der Waals surface area contributed by atoms with Gasteiger partial charge in [0.2, 0.25) is 0 Å². The van der Waals surface area contributed by atoms with Gasteiger partial charge in [-0.05, 0) is 17.7 Å². The van der Waals surface area contributed by atoms with Gasteiger partial charge in [0.25, 0.3) is 0 Å². The van der Waals surface area contributed by atoms with E-state index >= 15 is 0 Å². The summed E-state index contributed by atoms with van der Waals surface area (Å²) >= 11 is 3.06. The summed E-state index contributed by atoms with van der Waals surface area (Å²) in [5.74, 6) is -0.340. The molecule has 3 nitrogen and oxygen atoms in total. The third-order valence-corrected chi connectivity index (χ3v) is 2.49. The maximum atomic E-state index is 11.9. The molecular formula is C9H9BrF3NO2. The molecule has 0 heterocycles. The number of aliphatic hydroxyl groups is 1. The van der Waals surface area contributed by atoms with Crippen molar-refractivity contribution in [3.8, 4) is 5.75 Å². The number of hydrogen-bond donors (Lipinski definition) is 2. The van der Waals surface area contributed by atoms with Gasteiger partial charge >= 0.3 is 6.36 Å². The molecule has 0 saturated heterocycles. The van der Waals surface area contributed by atoms with Gasteiger partial charge < -0.3 is 15.6 Å². The van der Waals surface area contributed by atoms with Crippen LogP contribution in [0.25, 0.3) is 0 Å². The molecule has 3 N–H and O–H groups in total. The van der Waals surface area contributed by atoms with Gasteiger partial charge in [0.05, 0.1) is 12.6 Å². The number of hydrogen-bond acceptors (Lipinski definition) is 3. The largest absolute Gasteiger partial charge is 0.573 e. The van der Waals surface area contributed by atoms with Crippen molar-refractivity contribution in [2.45, 2.75) is 12.4 Å². The molecule has 0 aliphatic carbocycles. The highest BCUT2D eigenvalue weighted by molar-refractivity contribution is 9.10. The third kappa shape index (κ3) is 3.66. The number of nitrogens with two attached hydrogens (primary N) is 1. The lowest BCUT2D eigenvalue weighted by atomic mass is 10.1. The first-order valence-corrected chi connectivity index (χ1v) is 5.04. The van der Waals surface area contributed by atoms with Crippen LogP contribution < -0.4 is 10.5 Å². The smallest absolute Gasteiger partial charge is 0.406 e. The van der Waals surface area contributed by atoms with E-state index in [9.17, 15) is 13.2 Å². The average Bonchev–Trinajstić information content (AvgIpc) is 2.14. The molecule has 0 aliphatic rings. The molecule has 1 aromatic carbocycles. The van der Waals surface area contributed by atoms with E-state index in [4.69, 9.17) is 10.8 Å². The molecule has 0 aromatic heterocycles. The number of ether oxygens (including phenoxy) is 1. The zero-order chi connectivity index (χ0) is 12.3. The summed E-state index contributed by atoms with van der Waals surface area (Å²) in [6.07, 6.45) is -4.72. The van der Waals surface area contributed by atoms with Crippen LogP contribution in [0, 0.1) is 0 Å². The standard InChI is InChI=1S/C9H9BrF3NO2/c10-7-3-5(16-9(11,12)13)1-2-6(7)8(14)4-15/h1-3,8,15H,4,14H2/t8-/m1/s1.